The molecule has 6 atom stereocenters. The number of fused-ring (bicyclic) bond motifs is 1. The lowest BCUT2D eigenvalue weighted by Crippen LogP contribution is -2.58. The van der Waals surface area contributed by atoms with Gasteiger partial charge in [0.2, 0.25) is 0 Å². The maximum Gasteiger partial charge on any atom is 0.338 e. The predicted molar refractivity (Wildman–Crippen MR) is 107 cm³/mol. The summed E-state index contributed by atoms with van der Waals surface area (Å²) < 4.78 is 24.2. The van der Waals surface area contributed by atoms with Gasteiger partial charge in [0.25, 0.3) is 0 Å². The summed E-state index contributed by atoms with van der Waals surface area (Å²) in [6, 6.07) is 18.9. The molecule has 2 heterocycles. The van der Waals surface area contributed by atoms with Crippen LogP contribution in [0.2, 0.25) is 0 Å². The van der Waals surface area contributed by atoms with Crippen molar-refractivity contribution < 1.29 is 23.7 Å². The minimum Gasteiger partial charge on any atom is -0.455 e. The number of carbonyl (C=O) groups is 1. The Balaban J connectivity index is 1.50. The Morgan fingerprint density at radius 1 is 1.04 bits per heavy atom. The van der Waals surface area contributed by atoms with Crippen LogP contribution in [-0.2, 0) is 18.9 Å². The van der Waals surface area contributed by atoms with E-state index in [-0.39, 0.29) is 29.5 Å². The van der Waals surface area contributed by atoms with Crippen LogP contribution >= 0.6 is 11.8 Å². The van der Waals surface area contributed by atoms with Crippen molar-refractivity contribution in [3.05, 3.63) is 71.8 Å². The van der Waals surface area contributed by atoms with E-state index in [1.165, 1.54) is 11.8 Å². The van der Waals surface area contributed by atoms with Gasteiger partial charge in [0.1, 0.15) is 17.6 Å². The first-order valence-electron chi connectivity index (χ1n) is 9.43. The van der Waals surface area contributed by atoms with E-state index in [1.54, 1.807) is 12.1 Å². The van der Waals surface area contributed by atoms with Gasteiger partial charge >= 0.3 is 5.97 Å². The normalized spacial score (nSPS) is 32.4. The Labute approximate surface area is 169 Å². The van der Waals surface area contributed by atoms with Crippen LogP contribution < -0.4 is 0 Å². The number of hydrogen-bond donors (Lipinski definition) is 0. The summed E-state index contributed by atoms with van der Waals surface area (Å²) in [4.78, 5) is 12.6. The molecular weight excluding hydrogens is 376 g/mol. The van der Waals surface area contributed by atoms with Gasteiger partial charge in [-0.2, -0.15) is 0 Å². The molecule has 148 valence electrons. The van der Waals surface area contributed by atoms with E-state index in [2.05, 4.69) is 6.92 Å². The van der Waals surface area contributed by atoms with E-state index in [9.17, 15) is 4.79 Å². The summed E-state index contributed by atoms with van der Waals surface area (Å²) in [5, 5.41) is 0. The number of hydrogen-bond acceptors (Lipinski definition) is 6. The lowest BCUT2D eigenvalue weighted by Gasteiger charge is -2.48. The molecule has 2 saturated heterocycles. The molecule has 5 nitrogen and oxygen atoms in total. The highest BCUT2D eigenvalue weighted by Crippen LogP contribution is 2.40. The molecule has 0 amide bonds. The number of benzene rings is 2. The van der Waals surface area contributed by atoms with Crippen LogP contribution in [0.25, 0.3) is 0 Å². The quantitative estimate of drug-likeness (QED) is 0.722. The number of ether oxygens (including phenoxy) is 4. The zero-order chi connectivity index (χ0) is 19.5. The molecule has 0 saturated carbocycles. The summed E-state index contributed by atoms with van der Waals surface area (Å²) >= 11 is 1.54. The molecule has 2 fully saturated rings. The lowest BCUT2D eigenvalue weighted by molar-refractivity contribution is -0.306. The fourth-order valence-corrected chi connectivity index (χ4v) is 4.54. The van der Waals surface area contributed by atoms with Gasteiger partial charge in [-0.25, -0.2) is 4.79 Å². The van der Waals surface area contributed by atoms with E-state index < -0.39 is 12.4 Å². The molecule has 0 spiro atoms. The Hall–Kier alpha value is -1.86. The second-order valence-corrected chi connectivity index (χ2v) is 7.99. The molecule has 28 heavy (non-hydrogen) atoms. The summed E-state index contributed by atoms with van der Waals surface area (Å²) in [5.74, 6) is -0.371. The van der Waals surface area contributed by atoms with E-state index in [0.717, 1.165) is 5.56 Å². The first-order valence-corrected chi connectivity index (χ1v) is 10.7. The number of esters is 1. The van der Waals surface area contributed by atoms with Gasteiger partial charge in [-0.3, -0.25) is 0 Å². The van der Waals surface area contributed by atoms with Crippen molar-refractivity contribution in [1.82, 2.24) is 0 Å². The van der Waals surface area contributed by atoms with E-state index >= 15 is 0 Å². The molecular formula is C22H24O5S. The van der Waals surface area contributed by atoms with Crippen molar-refractivity contribution in [1.29, 1.82) is 0 Å². The monoisotopic (exact) mass is 400 g/mol. The minimum absolute atomic E-state index is 0.0287. The van der Waals surface area contributed by atoms with Crippen molar-refractivity contribution in [2.75, 3.05) is 12.9 Å². The smallest absolute Gasteiger partial charge is 0.338 e. The highest BCUT2D eigenvalue weighted by molar-refractivity contribution is 7.99. The van der Waals surface area contributed by atoms with Crippen molar-refractivity contribution in [2.24, 2.45) is 5.92 Å². The summed E-state index contributed by atoms with van der Waals surface area (Å²) in [7, 11) is 0. The van der Waals surface area contributed by atoms with Gasteiger partial charge in [0, 0.05) is 11.5 Å². The minimum atomic E-state index is -0.440. The highest BCUT2D eigenvalue weighted by Gasteiger charge is 2.49. The molecule has 0 bridgehead atoms. The molecule has 0 N–H and O–H groups in total. The third kappa shape index (κ3) is 3.96. The molecule has 2 aliphatic rings. The summed E-state index contributed by atoms with van der Waals surface area (Å²) in [5.41, 5.74) is 1.24. The van der Waals surface area contributed by atoms with Crippen molar-refractivity contribution >= 4 is 17.7 Å². The van der Waals surface area contributed by atoms with Gasteiger partial charge in [-0.1, -0.05) is 55.5 Å². The van der Waals surface area contributed by atoms with Gasteiger partial charge in [-0.05, 0) is 18.4 Å². The fourth-order valence-electron chi connectivity index (χ4n) is 3.71. The van der Waals surface area contributed by atoms with Gasteiger partial charge in [0.05, 0.1) is 18.3 Å². The topological polar surface area (TPSA) is 54.0 Å². The SMILES string of the molecule is CS[C@@H]1OC2COC(c3ccccc3)O[C@@H]2[C@H](C)C1OC(=O)c1ccccc1. The van der Waals surface area contributed by atoms with Crippen LogP contribution in [0.1, 0.15) is 29.1 Å². The predicted octanol–water partition coefficient (Wildman–Crippen LogP) is 4.05. The van der Waals surface area contributed by atoms with Gasteiger partial charge in [-0.15, -0.1) is 11.8 Å². The Morgan fingerprint density at radius 3 is 2.39 bits per heavy atom. The zero-order valence-electron chi connectivity index (χ0n) is 15.9. The number of rotatable bonds is 4. The van der Waals surface area contributed by atoms with Crippen LogP contribution in [-0.4, -0.2) is 42.6 Å². The Morgan fingerprint density at radius 2 is 1.71 bits per heavy atom. The van der Waals surface area contributed by atoms with E-state index in [4.69, 9.17) is 18.9 Å². The highest BCUT2D eigenvalue weighted by atomic mass is 32.2. The first-order chi connectivity index (χ1) is 13.7. The van der Waals surface area contributed by atoms with Gasteiger partial charge in [0.15, 0.2) is 6.29 Å². The maximum atomic E-state index is 12.6. The average molecular weight is 400 g/mol. The second-order valence-electron chi connectivity index (χ2n) is 7.05. The number of carbonyl (C=O) groups excluding carboxylic acids is 1. The summed E-state index contributed by atoms with van der Waals surface area (Å²) in [6.07, 6.45) is 0.719. The molecule has 6 heteroatoms. The Bertz CT molecular complexity index is 784. The average Bonchev–Trinajstić information content (AvgIpc) is 2.76. The standard InChI is InChI=1S/C22H24O5S/c1-14-18-17(13-24-21(27-18)16-11-7-4-8-12-16)25-22(28-2)19(14)26-20(23)15-9-5-3-6-10-15/h3-12,14,17-19,21-22H,13H2,1-2H3/t14-,17?,18+,19?,21?,22-/m0/s1. The van der Waals surface area contributed by atoms with E-state index in [1.807, 2.05) is 54.8 Å². The number of thioether (sulfide) groups is 1. The second kappa shape index (κ2) is 8.66. The summed E-state index contributed by atoms with van der Waals surface area (Å²) in [6.45, 7) is 2.50. The van der Waals surface area contributed by atoms with Crippen molar-refractivity contribution in [2.45, 2.75) is 37.0 Å². The molecule has 0 aromatic heterocycles. The fraction of sp³-hybridized carbons (Fsp3) is 0.409. The first kappa shape index (κ1) is 19.5. The maximum absolute atomic E-state index is 12.6. The van der Waals surface area contributed by atoms with Crippen LogP contribution in [0.3, 0.4) is 0 Å². The lowest BCUT2D eigenvalue weighted by atomic mass is 9.90. The largest absolute Gasteiger partial charge is 0.455 e. The van der Waals surface area contributed by atoms with Crippen molar-refractivity contribution in [3.63, 3.8) is 0 Å². The Kier molecular flexibility index (Phi) is 6.01. The molecule has 4 rings (SSSR count). The molecule has 0 radical (unpaired) electrons. The van der Waals surface area contributed by atoms with Crippen LogP contribution in [0.5, 0.6) is 0 Å². The van der Waals surface area contributed by atoms with Crippen LogP contribution in [0.4, 0.5) is 0 Å². The van der Waals surface area contributed by atoms with Crippen LogP contribution in [0.15, 0.2) is 60.7 Å². The molecule has 0 aliphatic carbocycles. The molecule has 2 aromatic carbocycles. The zero-order valence-corrected chi connectivity index (χ0v) is 16.7. The van der Waals surface area contributed by atoms with Crippen molar-refractivity contribution in [3.8, 4) is 0 Å². The van der Waals surface area contributed by atoms with Crippen LogP contribution in [0, 0.1) is 5.92 Å². The molecule has 3 unspecified atom stereocenters. The van der Waals surface area contributed by atoms with E-state index in [0.29, 0.717) is 12.2 Å². The molecule has 2 aliphatic heterocycles. The third-order valence-corrected chi connectivity index (χ3v) is 6.07. The van der Waals surface area contributed by atoms with Gasteiger partial charge < -0.3 is 18.9 Å². The third-order valence-electron chi connectivity index (χ3n) is 5.23. The molecule has 2 aromatic rings.